The molecule has 2 aliphatic rings. The third-order valence-electron chi connectivity index (χ3n) is 3.67. The zero-order valence-corrected chi connectivity index (χ0v) is 9.28. The summed E-state index contributed by atoms with van der Waals surface area (Å²) in [5.41, 5.74) is 0. The van der Waals surface area contributed by atoms with Crippen LogP contribution in [0.4, 0.5) is 0 Å². The predicted molar refractivity (Wildman–Crippen MR) is 57.4 cm³/mol. The smallest absolute Gasteiger partial charge is 0.239 e. The van der Waals surface area contributed by atoms with E-state index < -0.39 is 0 Å². The number of likely N-dealkylation sites (N-methyl/N-ethyl adjacent to an activating group) is 1. The maximum atomic E-state index is 11.6. The van der Waals surface area contributed by atoms with E-state index >= 15 is 0 Å². The number of nitrogens with one attached hydrogen (secondary N) is 1. The van der Waals surface area contributed by atoms with E-state index in [0.717, 1.165) is 38.8 Å². The van der Waals surface area contributed by atoms with Crippen molar-refractivity contribution in [2.75, 3.05) is 20.1 Å². The number of carbonyl (C=O) groups is 1. The van der Waals surface area contributed by atoms with Gasteiger partial charge in [-0.1, -0.05) is 6.42 Å². The van der Waals surface area contributed by atoms with Gasteiger partial charge in [-0.25, -0.2) is 0 Å². The molecule has 1 saturated carbocycles. The van der Waals surface area contributed by atoms with Crippen LogP contribution in [0.5, 0.6) is 0 Å². The first-order valence-corrected chi connectivity index (χ1v) is 5.85. The van der Waals surface area contributed by atoms with Gasteiger partial charge in [-0.15, -0.1) is 0 Å². The van der Waals surface area contributed by atoms with E-state index in [1.54, 1.807) is 4.90 Å². The van der Waals surface area contributed by atoms with Gasteiger partial charge in [0.15, 0.2) is 0 Å². The Hall–Kier alpha value is -0.610. The maximum absolute atomic E-state index is 11.6. The van der Waals surface area contributed by atoms with E-state index in [9.17, 15) is 9.90 Å². The standard InChI is InChI=1S/C11H20N2O2/c1-13-6-5-9(11(13)15)12-7-8-3-2-4-10(8)14/h8-10,12,14H,2-7H2,1H3. The average molecular weight is 212 g/mol. The van der Waals surface area contributed by atoms with Crippen LogP contribution in [0.3, 0.4) is 0 Å². The van der Waals surface area contributed by atoms with Crippen molar-refractivity contribution in [2.45, 2.75) is 37.8 Å². The Bertz CT molecular complexity index is 245. The van der Waals surface area contributed by atoms with Crippen LogP contribution in [-0.4, -0.2) is 48.2 Å². The van der Waals surface area contributed by atoms with Crippen LogP contribution in [0, 0.1) is 5.92 Å². The minimum Gasteiger partial charge on any atom is -0.393 e. The molecule has 0 bridgehead atoms. The van der Waals surface area contributed by atoms with E-state index in [4.69, 9.17) is 0 Å². The third kappa shape index (κ3) is 2.32. The van der Waals surface area contributed by atoms with Gasteiger partial charge >= 0.3 is 0 Å². The van der Waals surface area contributed by atoms with E-state index in [1.807, 2.05) is 7.05 Å². The number of aliphatic hydroxyl groups excluding tert-OH is 1. The highest BCUT2D eigenvalue weighted by Gasteiger charge is 2.31. The Morgan fingerprint density at radius 3 is 2.80 bits per heavy atom. The molecule has 1 amide bonds. The zero-order valence-electron chi connectivity index (χ0n) is 9.28. The lowest BCUT2D eigenvalue weighted by molar-refractivity contribution is -0.128. The molecule has 15 heavy (non-hydrogen) atoms. The molecule has 0 aromatic heterocycles. The molecular formula is C11H20N2O2. The Morgan fingerprint density at radius 1 is 1.47 bits per heavy atom. The minimum absolute atomic E-state index is 0.0113. The molecule has 3 atom stereocenters. The number of rotatable bonds is 3. The number of hydrogen-bond acceptors (Lipinski definition) is 3. The molecule has 0 radical (unpaired) electrons. The van der Waals surface area contributed by atoms with Crippen LogP contribution < -0.4 is 5.32 Å². The summed E-state index contributed by atoms with van der Waals surface area (Å²) in [6, 6.07) is -0.0113. The number of carbonyl (C=O) groups excluding carboxylic acids is 1. The van der Waals surface area contributed by atoms with Crippen molar-refractivity contribution in [3.05, 3.63) is 0 Å². The monoisotopic (exact) mass is 212 g/mol. The van der Waals surface area contributed by atoms with Crippen molar-refractivity contribution in [2.24, 2.45) is 5.92 Å². The summed E-state index contributed by atoms with van der Waals surface area (Å²) >= 11 is 0. The van der Waals surface area contributed by atoms with Crippen LogP contribution in [0.1, 0.15) is 25.7 Å². The molecule has 0 aromatic rings. The first kappa shape index (κ1) is 10.9. The van der Waals surface area contributed by atoms with E-state index in [0.29, 0.717) is 5.92 Å². The Labute approximate surface area is 90.6 Å². The van der Waals surface area contributed by atoms with Gasteiger partial charge in [-0.05, 0) is 25.2 Å². The van der Waals surface area contributed by atoms with Gasteiger partial charge in [0.05, 0.1) is 12.1 Å². The Morgan fingerprint density at radius 2 is 2.27 bits per heavy atom. The van der Waals surface area contributed by atoms with Gasteiger partial charge in [0.25, 0.3) is 0 Å². The van der Waals surface area contributed by atoms with E-state index in [1.165, 1.54) is 0 Å². The van der Waals surface area contributed by atoms with Gasteiger partial charge in [-0.3, -0.25) is 4.79 Å². The van der Waals surface area contributed by atoms with Crippen molar-refractivity contribution in [1.29, 1.82) is 0 Å². The molecule has 1 aliphatic heterocycles. The fourth-order valence-corrected chi connectivity index (χ4v) is 2.56. The molecular weight excluding hydrogens is 192 g/mol. The largest absolute Gasteiger partial charge is 0.393 e. The third-order valence-corrected chi connectivity index (χ3v) is 3.67. The molecule has 1 saturated heterocycles. The molecule has 86 valence electrons. The lowest BCUT2D eigenvalue weighted by Gasteiger charge is -2.18. The van der Waals surface area contributed by atoms with E-state index in [-0.39, 0.29) is 18.1 Å². The molecule has 1 heterocycles. The molecule has 1 aliphatic carbocycles. The van der Waals surface area contributed by atoms with Gasteiger partial charge in [0.1, 0.15) is 0 Å². The molecule has 3 unspecified atom stereocenters. The Balaban J connectivity index is 1.76. The highest BCUT2D eigenvalue weighted by Crippen LogP contribution is 2.25. The summed E-state index contributed by atoms with van der Waals surface area (Å²) in [6.45, 7) is 1.63. The number of likely N-dealkylation sites (tertiary alicyclic amines) is 1. The Kier molecular flexibility index (Phi) is 3.26. The van der Waals surface area contributed by atoms with Crippen LogP contribution in [0.15, 0.2) is 0 Å². The minimum atomic E-state index is -0.160. The van der Waals surface area contributed by atoms with Crippen molar-refractivity contribution < 1.29 is 9.90 Å². The summed E-state index contributed by atoms with van der Waals surface area (Å²) in [7, 11) is 1.84. The molecule has 4 nitrogen and oxygen atoms in total. The van der Waals surface area contributed by atoms with Crippen LogP contribution in [0.25, 0.3) is 0 Å². The second kappa shape index (κ2) is 4.49. The lowest BCUT2D eigenvalue weighted by atomic mass is 10.1. The summed E-state index contributed by atoms with van der Waals surface area (Å²) in [5, 5.41) is 12.9. The van der Waals surface area contributed by atoms with Crippen molar-refractivity contribution >= 4 is 5.91 Å². The van der Waals surface area contributed by atoms with Crippen LogP contribution in [-0.2, 0) is 4.79 Å². The average Bonchev–Trinajstić information content (AvgIpc) is 2.74. The summed E-state index contributed by atoms with van der Waals surface area (Å²) in [6.07, 6.45) is 3.87. The topological polar surface area (TPSA) is 52.6 Å². The van der Waals surface area contributed by atoms with Crippen LogP contribution in [0.2, 0.25) is 0 Å². The van der Waals surface area contributed by atoms with Crippen molar-refractivity contribution in [1.82, 2.24) is 10.2 Å². The van der Waals surface area contributed by atoms with Crippen molar-refractivity contribution in [3.63, 3.8) is 0 Å². The predicted octanol–water partition coefficient (Wildman–Crippen LogP) is -0.0323. The molecule has 2 N–H and O–H groups in total. The first-order chi connectivity index (χ1) is 7.18. The SMILES string of the molecule is CN1CCC(NCC2CCCC2O)C1=O. The second-order valence-electron chi connectivity index (χ2n) is 4.77. The van der Waals surface area contributed by atoms with Gasteiger partial charge in [0.2, 0.25) is 5.91 Å². The zero-order chi connectivity index (χ0) is 10.8. The van der Waals surface area contributed by atoms with E-state index in [2.05, 4.69) is 5.32 Å². The fraction of sp³-hybridized carbons (Fsp3) is 0.909. The van der Waals surface area contributed by atoms with Gasteiger partial charge < -0.3 is 15.3 Å². The highest BCUT2D eigenvalue weighted by atomic mass is 16.3. The summed E-state index contributed by atoms with van der Waals surface area (Å²) in [5.74, 6) is 0.547. The van der Waals surface area contributed by atoms with Gasteiger partial charge in [-0.2, -0.15) is 0 Å². The number of amides is 1. The van der Waals surface area contributed by atoms with Crippen LogP contribution >= 0.6 is 0 Å². The molecule has 2 rings (SSSR count). The molecule has 0 aromatic carbocycles. The number of hydrogen-bond donors (Lipinski definition) is 2. The maximum Gasteiger partial charge on any atom is 0.239 e. The van der Waals surface area contributed by atoms with Gasteiger partial charge in [0, 0.05) is 20.1 Å². The normalized spacial score (nSPS) is 36.5. The highest BCUT2D eigenvalue weighted by molar-refractivity contribution is 5.83. The number of aliphatic hydroxyl groups is 1. The van der Waals surface area contributed by atoms with Crippen molar-refractivity contribution in [3.8, 4) is 0 Å². The lowest BCUT2D eigenvalue weighted by Crippen LogP contribution is -2.40. The first-order valence-electron chi connectivity index (χ1n) is 5.85. The fourth-order valence-electron chi connectivity index (χ4n) is 2.56. The second-order valence-corrected chi connectivity index (χ2v) is 4.77. The summed E-state index contributed by atoms with van der Waals surface area (Å²) in [4.78, 5) is 13.4. The molecule has 4 heteroatoms. The molecule has 0 spiro atoms. The quantitative estimate of drug-likeness (QED) is 0.690. The molecule has 2 fully saturated rings. The number of nitrogens with zero attached hydrogens (tertiary/aromatic N) is 1. The summed E-state index contributed by atoms with van der Waals surface area (Å²) < 4.78 is 0.